The molecule has 0 bridgehead atoms. The molecule has 2 fully saturated rings. The smallest absolute Gasteiger partial charge is 0.232 e. The second kappa shape index (κ2) is 7.72. The summed E-state index contributed by atoms with van der Waals surface area (Å²) in [6.07, 6.45) is 9.21. The Morgan fingerprint density at radius 3 is 2.67 bits per heavy atom. The molecule has 0 unspecified atom stereocenters. The predicted octanol–water partition coefficient (Wildman–Crippen LogP) is 2.94. The fourth-order valence-electron chi connectivity index (χ4n) is 5.33. The Morgan fingerprint density at radius 1 is 1.11 bits per heavy atom. The summed E-state index contributed by atoms with van der Waals surface area (Å²) in [6.45, 7) is 3.43. The minimum Gasteiger partial charge on any atom is -0.387 e. The first-order valence-electron chi connectivity index (χ1n) is 10.4. The van der Waals surface area contributed by atoms with Crippen molar-refractivity contribution in [2.24, 2.45) is 11.8 Å². The van der Waals surface area contributed by atoms with Crippen LogP contribution in [-0.2, 0) is 16.4 Å². The van der Waals surface area contributed by atoms with Gasteiger partial charge in [-0.15, -0.1) is 0 Å². The lowest BCUT2D eigenvalue weighted by Crippen LogP contribution is -2.43. The van der Waals surface area contributed by atoms with Crippen molar-refractivity contribution < 1.29 is 13.5 Å². The number of likely N-dealkylation sites (tertiary alicyclic amines) is 1. The molecule has 1 saturated heterocycles. The van der Waals surface area contributed by atoms with Crippen LogP contribution in [-0.4, -0.2) is 50.9 Å². The van der Waals surface area contributed by atoms with E-state index in [1.165, 1.54) is 42.7 Å². The summed E-state index contributed by atoms with van der Waals surface area (Å²) in [4.78, 5) is 2.43. The maximum Gasteiger partial charge on any atom is 0.232 e. The topological polar surface area (TPSA) is 60.9 Å². The van der Waals surface area contributed by atoms with Crippen molar-refractivity contribution in [3.63, 3.8) is 0 Å². The Balaban J connectivity index is 1.44. The molecule has 1 aliphatic carbocycles. The Hall–Kier alpha value is -1.11. The van der Waals surface area contributed by atoms with Crippen molar-refractivity contribution in [3.05, 3.63) is 29.3 Å². The normalized spacial score (nSPS) is 27.7. The first-order valence-corrected chi connectivity index (χ1v) is 12.3. The molecule has 150 valence electrons. The van der Waals surface area contributed by atoms with Crippen LogP contribution in [0.5, 0.6) is 0 Å². The molecule has 2 aliphatic heterocycles. The van der Waals surface area contributed by atoms with E-state index in [4.69, 9.17) is 0 Å². The van der Waals surface area contributed by atoms with Gasteiger partial charge in [-0.05, 0) is 61.3 Å². The molecule has 1 aromatic rings. The van der Waals surface area contributed by atoms with Crippen LogP contribution in [0.25, 0.3) is 0 Å². The van der Waals surface area contributed by atoms with E-state index in [0.717, 1.165) is 54.6 Å². The van der Waals surface area contributed by atoms with E-state index in [9.17, 15) is 13.5 Å². The number of piperidine rings is 1. The quantitative estimate of drug-likeness (QED) is 0.856. The van der Waals surface area contributed by atoms with E-state index in [0.29, 0.717) is 13.1 Å². The predicted molar refractivity (Wildman–Crippen MR) is 108 cm³/mol. The van der Waals surface area contributed by atoms with Crippen molar-refractivity contribution >= 4 is 15.7 Å². The fraction of sp³-hybridized carbons (Fsp3) is 0.714. The van der Waals surface area contributed by atoms with Gasteiger partial charge in [-0.3, -0.25) is 4.31 Å². The number of sulfonamides is 1. The molecule has 4 rings (SSSR count). The van der Waals surface area contributed by atoms with Gasteiger partial charge in [0.2, 0.25) is 10.0 Å². The number of nitrogens with zero attached hydrogens (tertiary/aromatic N) is 2. The van der Waals surface area contributed by atoms with Crippen LogP contribution in [0, 0.1) is 11.8 Å². The second-order valence-electron chi connectivity index (χ2n) is 8.70. The SMILES string of the molecule is CS(=O)(=O)N1CCCc2cc([C@H](O)CN3CC[C@@H]4CCCC[C@H]4C3)ccc21. The molecule has 1 aromatic carbocycles. The number of rotatable bonds is 4. The van der Waals surface area contributed by atoms with Crippen molar-refractivity contribution in [2.75, 3.05) is 36.7 Å². The third-order valence-electron chi connectivity index (χ3n) is 6.77. The Morgan fingerprint density at radius 2 is 1.89 bits per heavy atom. The van der Waals surface area contributed by atoms with Gasteiger partial charge >= 0.3 is 0 Å². The number of fused-ring (bicyclic) bond motifs is 2. The number of hydrogen-bond donors (Lipinski definition) is 1. The van der Waals surface area contributed by atoms with Crippen LogP contribution in [0.15, 0.2) is 18.2 Å². The number of aliphatic hydroxyl groups is 1. The van der Waals surface area contributed by atoms with Crippen molar-refractivity contribution in [2.45, 2.75) is 51.0 Å². The monoisotopic (exact) mass is 392 g/mol. The van der Waals surface area contributed by atoms with E-state index < -0.39 is 16.1 Å². The van der Waals surface area contributed by atoms with Crippen molar-refractivity contribution in [1.82, 2.24) is 4.90 Å². The van der Waals surface area contributed by atoms with Crippen LogP contribution in [0.2, 0.25) is 0 Å². The van der Waals surface area contributed by atoms with Gasteiger partial charge in [0.15, 0.2) is 0 Å². The average Bonchev–Trinajstić information content (AvgIpc) is 2.66. The zero-order chi connectivity index (χ0) is 19.0. The van der Waals surface area contributed by atoms with E-state index in [2.05, 4.69) is 4.90 Å². The number of aliphatic hydroxyl groups excluding tert-OH is 1. The van der Waals surface area contributed by atoms with Gasteiger partial charge in [0.25, 0.3) is 0 Å². The molecule has 1 N–H and O–H groups in total. The molecular formula is C21H32N2O3S. The number of benzene rings is 1. The number of anilines is 1. The van der Waals surface area contributed by atoms with Crippen molar-refractivity contribution in [1.29, 1.82) is 0 Å². The van der Waals surface area contributed by atoms with E-state index in [1.54, 1.807) is 0 Å². The minimum absolute atomic E-state index is 0.510. The molecule has 5 nitrogen and oxygen atoms in total. The first-order chi connectivity index (χ1) is 12.9. The maximum atomic E-state index is 12.0. The lowest BCUT2D eigenvalue weighted by Gasteiger charge is -2.42. The van der Waals surface area contributed by atoms with E-state index in [-0.39, 0.29) is 0 Å². The molecule has 0 spiro atoms. The molecule has 3 aliphatic rings. The first kappa shape index (κ1) is 19.2. The highest BCUT2D eigenvalue weighted by Crippen LogP contribution is 2.37. The van der Waals surface area contributed by atoms with Gasteiger partial charge in [0.05, 0.1) is 18.0 Å². The number of β-amino-alcohol motifs (C(OH)–C–C–N with tert-alkyl or cyclic N) is 1. The molecule has 0 amide bonds. The molecule has 0 radical (unpaired) electrons. The highest BCUT2D eigenvalue weighted by molar-refractivity contribution is 7.92. The summed E-state index contributed by atoms with van der Waals surface area (Å²) in [5.74, 6) is 1.71. The lowest BCUT2D eigenvalue weighted by molar-refractivity contribution is 0.0459. The Labute approximate surface area is 163 Å². The fourth-order valence-corrected chi connectivity index (χ4v) is 6.32. The van der Waals surface area contributed by atoms with Crippen LogP contribution in [0.4, 0.5) is 5.69 Å². The molecule has 3 atom stereocenters. The summed E-state index contributed by atoms with van der Waals surface area (Å²) < 4.78 is 25.5. The number of hydrogen-bond acceptors (Lipinski definition) is 4. The van der Waals surface area contributed by atoms with E-state index in [1.807, 2.05) is 18.2 Å². The summed E-state index contributed by atoms with van der Waals surface area (Å²) in [6, 6.07) is 5.80. The Kier molecular flexibility index (Phi) is 5.50. The van der Waals surface area contributed by atoms with Crippen molar-refractivity contribution in [3.8, 4) is 0 Å². The average molecular weight is 393 g/mol. The molecule has 2 heterocycles. The maximum absolute atomic E-state index is 12.0. The van der Waals surface area contributed by atoms with Crippen LogP contribution in [0.1, 0.15) is 55.8 Å². The highest BCUT2D eigenvalue weighted by atomic mass is 32.2. The largest absolute Gasteiger partial charge is 0.387 e. The van der Waals surface area contributed by atoms with Gasteiger partial charge in [0.1, 0.15) is 0 Å². The molecule has 27 heavy (non-hydrogen) atoms. The zero-order valence-electron chi connectivity index (χ0n) is 16.3. The molecule has 6 heteroatoms. The van der Waals surface area contributed by atoms with Crippen LogP contribution >= 0.6 is 0 Å². The third kappa shape index (κ3) is 4.17. The third-order valence-corrected chi connectivity index (χ3v) is 7.95. The summed E-state index contributed by atoms with van der Waals surface area (Å²) in [5.41, 5.74) is 2.73. The zero-order valence-corrected chi connectivity index (χ0v) is 17.1. The van der Waals surface area contributed by atoms with Crippen LogP contribution < -0.4 is 4.31 Å². The summed E-state index contributed by atoms with van der Waals surface area (Å²) in [7, 11) is -3.24. The standard InChI is InChI=1S/C21H32N2O3S/c1-27(25,26)23-11-4-7-17-13-18(8-9-20(17)23)21(24)15-22-12-10-16-5-2-3-6-19(16)14-22/h8-9,13,16,19,21,24H,2-7,10-12,14-15H2,1H3/t16-,19-,21+/m0/s1. The van der Waals surface area contributed by atoms with Crippen LogP contribution in [0.3, 0.4) is 0 Å². The highest BCUT2D eigenvalue weighted by Gasteiger charge is 2.32. The van der Waals surface area contributed by atoms with Gasteiger partial charge in [-0.1, -0.05) is 31.4 Å². The number of aryl methyl sites for hydroxylation is 1. The van der Waals surface area contributed by atoms with Gasteiger partial charge in [-0.25, -0.2) is 8.42 Å². The molecule has 0 aromatic heterocycles. The Bertz CT molecular complexity index is 780. The second-order valence-corrected chi connectivity index (χ2v) is 10.6. The minimum atomic E-state index is -3.24. The van der Waals surface area contributed by atoms with Gasteiger partial charge < -0.3 is 10.0 Å². The van der Waals surface area contributed by atoms with E-state index >= 15 is 0 Å². The molecular weight excluding hydrogens is 360 g/mol. The summed E-state index contributed by atoms with van der Waals surface area (Å²) in [5, 5.41) is 10.8. The molecule has 1 saturated carbocycles. The lowest BCUT2D eigenvalue weighted by atomic mass is 9.75. The van der Waals surface area contributed by atoms with Gasteiger partial charge in [0, 0.05) is 19.6 Å². The van der Waals surface area contributed by atoms with Gasteiger partial charge in [-0.2, -0.15) is 0 Å². The summed E-state index contributed by atoms with van der Waals surface area (Å²) >= 11 is 0.